The van der Waals surface area contributed by atoms with E-state index in [4.69, 9.17) is 0 Å². The summed E-state index contributed by atoms with van der Waals surface area (Å²) in [5.41, 5.74) is 1.37. The Balaban J connectivity index is 2.17. The summed E-state index contributed by atoms with van der Waals surface area (Å²) < 4.78 is 0. The molecule has 1 N–H and O–H groups in total. The van der Waals surface area contributed by atoms with E-state index in [0.717, 1.165) is 19.6 Å². The number of aromatic nitrogens is 1. The summed E-state index contributed by atoms with van der Waals surface area (Å²) in [6.07, 6.45) is 0. The second-order valence-corrected chi connectivity index (χ2v) is 6.05. The van der Waals surface area contributed by atoms with Gasteiger partial charge in [0.2, 0.25) is 0 Å². The fourth-order valence-electron chi connectivity index (χ4n) is 1.90. The molecule has 1 saturated heterocycles. The van der Waals surface area contributed by atoms with Crippen molar-refractivity contribution in [1.82, 2.24) is 10.3 Å². The molecular weight excluding hydrogens is 206 g/mol. The van der Waals surface area contributed by atoms with Crippen molar-refractivity contribution in [2.45, 2.75) is 33.2 Å². The lowest BCUT2D eigenvalue weighted by atomic mass is 10.0. The number of nitrogens with zero attached hydrogens (tertiary/aromatic N) is 2. The van der Waals surface area contributed by atoms with Gasteiger partial charge in [-0.25, -0.2) is 4.98 Å². The zero-order valence-corrected chi connectivity index (χ0v) is 10.7. The van der Waals surface area contributed by atoms with Gasteiger partial charge >= 0.3 is 0 Å². The average Bonchev–Trinajstić information content (AvgIpc) is 2.45. The molecule has 1 fully saturated rings. The maximum atomic E-state index is 4.62. The van der Waals surface area contributed by atoms with Crippen LogP contribution in [0, 0.1) is 13.8 Å². The van der Waals surface area contributed by atoms with Crippen molar-refractivity contribution in [2.75, 3.05) is 24.5 Å². The van der Waals surface area contributed by atoms with Crippen LogP contribution in [0.25, 0.3) is 0 Å². The molecule has 1 aliphatic heterocycles. The number of hydrogen-bond acceptors (Lipinski definition) is 4. The van der Waals surface area contributed by atoms with Gasteiger partial charge in [-0.05, 0) is 27.7 Å². The Morgan fingerprint density at radius 3 is 2.67 bits per heavy atom. The number of hydrogen-bond donors (Lipinski definition) is 1. The SMILES string of the molecule is Cc1nc(N2CCNC(C)(C)C2)sc1C. The van der Waals surface area contributed by atoms with Crippen LogP contribution in [-0.4, -0.2) is 30.2 Å². The zero-order chi connectivity index (χ0) is 11.1. The van der Waals surface area contributed by atoms with Crippen LogP contribution in [0.4, 0.5) is 5.13 Å². The van der Waals surface area contributed by atoms with Crippen molar-refractivity contribution in [1.29, 1.82) is 0 Å². The maximum absolute atomic E-state index is 4.62. The molecule has 4 heteroatoms. The van der Waals surface area contributed by atoms with E-state index in [9.17, 15) is 0 Å². The van der Waals surface area contributed by atoms with Crippen molar-refractivity contribution in [3.8, 4) is 0 Å². The van der Waals surface area contributed by atoms with Crippen molar-refractivity contribution in [3.05, 3.63) is 10.6 Å². The third kappa shape index (κ3) is 2.32. The fourth-order valence-corrected chi connectivity index (χ4v) is 2.83. The number of anilines is 1. The molecule has 0 unspecified atom stereocenters. The first-order chi connectivity index (χ1) is 6.98. The van der Waals surface area contributed by atoms with Crippen LogP contribution in [0.5, 0.6) is 0 Å². The van der Waals surface area contributed by atoms with E-state index < -0.39 is 0 Å². The number of rotatable bonds is 1. The Labute approximate surface area is 95.5 Å². The Bertz CT molecular complexity index is 337. The van der Waals surface area contributed by atoms with E-state index in [0.29, 0.717) is 0 Å². The normalized spacial score (nSPS) is 20.7. The monoisotopic (exact) mass is 225 g/mol. The van der Waals surface area contributed by atoms with Crippen LogP contribution < -0.4 is 10.2 Å². The zero-order valence-electron chi connectivity index (χ0n) is 9.92. The van der Waals surface area contributed by atoms with Gasteiger partial charge in [0.05, 0.1) is 5.69 Å². The third-order valence-corrected chi connectivity index (χ3v) is 3.99. The Morgan fingerprint density at radius 1 is 1.40 bits per heavy atom. The van der Waals surface area contributed by atoms with Crippen LogP contribution in [0.15, 0.2) is 0 Å². The second kappa shape index (κ2) is 3.76. The molecule has 0 saturated carbocycles. The first-order valence-corrected chi connectivity index (χ1v) is 6.24. The molecule has 0 atom stereocenters. The lowest BCUT2D eigenvalue weighted by molar-refractivity contribution is 0.353. The van der Waals surface area contributed by atoms with E-state index >= 15 is 0 Å². The van der Waals surface area contributed by atoms with E-state index in [1.165, 1.54) is 15.7 Å². The van der Waals surface area contributed by atoms with Gasteiger partial charge in [0.1, 0.15) is 0 Å². The summed E-state index contributed by atoms with van der Waals surface area (Å²) in [6, 6.07) is 0. The molecule has 0 spiro atoms. The number of nitrogens with one attached hydrogen (secondary N) is 1. The quantitative estimate of drug-likeness (QED) is 0.792. The summed E-state index contributed by atoms with van der Waals surface area (Å²) in [4.78, 5) is 8.34. The molecule has 1 aromatic heterocycles. The molecule has 3 nitrogen and oxygen atoms in total. The van der Waals surface area contributed by atoms with Gasteiger partial charge in [-0.3, -0.25) is 0 Å². The maximum Gasteiger partial charge on any atom is 0.185 e. The Kier molecular flexibility index (Phi) is 2.73. The Hall–Kier alpha value is -0.610. The van der Waals surface area contributed by atoms with E-state index in [1.54, 1.807) is 0 Å². The molecule has 0 aliphatic carbocycles. The lowest BCUT2D eigenvalue weighted by Gasteiger charge is -2.39. The molecule has 0 bridgehead atoms. The van der Waals surface area contributed by atoms with Gasteiger partial charge in [0.15, 0.2) is 5.13 Å². The highest BCUT2D eigenvalue weighted by Gasteiger charge is 2.27. The van der Waals surface area contributed by atoms with Crippen molar-refractivity contribution in [2.24, 2.45) is 0 Å². The number of thiazole rings is 1. The Morgan fingerprint density at radius 2 is 2.13 bits per heavy atom. The third-order valence-electron chi connectivity index (χ3n) is 2.86. The van der Waals surface area contributed by atoms with E-state index in [1.807, 2.05) is 11.3 Å². The van der Waals surface area contributed by atoms with Gasteiger partial charge < -0.3 is 10.2 Å². The minimum atomic E-state index is 0.200. The standard InChI is InChI=1S/C11H19N3S/c1-8-9(2)15-10(13-8)14-6-5-12-11(3,4)7-14/h12H,5-7H2,1-4H3. The van der Waals surface area contributed by atoms with Crippen molar-refractivity contribution in [3.63, 3.8) is 0 Å². The first kappa shape index (κ1) is 10.9. The fraction of sp³-hybridized carbons (Fsp3) is 0.727. The predicted octanol–water partition coefficient (Wildman–Crippen LogP) is 1.95. The largest absolute Gasteiger partial charge is 0.345 e. The number of piperazine rings is 1. The molecule has 15 heavy (non-hydrogen) atoms. The molecular formula is C11H19N3S. The second-order valence-electron chi connectivity index (χ2n) is 4.87. The van der Waals surface area contributed by atoms with Crippen LogP contribution in [-0.2, 0) is 0 Å². The smallest absolute Gasteiger partial charge is 0.185 e. The highest BCUT2D eigenvalue weighted by atomic mass is 32.1. The minimum absolute atomic E-state index is 0.200. The summed E-state index contributed by atoms with van der Waals surface area (Å²) in [6.45, 7) is 11.9. The molecule has 0 amide bonds. The molecule has 2 rings (SSSR count). The minimum Gasteiger partial charge on any atom is -0.345 e. The molecule has 1 aromatic rings. The summed E-state index contributed by atoms with van der Waals surface area (Å²) in [5.74, 6) is 0. The summed E-state index contributed by atoms with van der Waals surface area (Å²) >= 11 is 1.81. The van der Waals surface area contributed by atoms with Crippen LogP contribution >= 0.6 is 11.3 Å². The van der Waals surface area contributed by atoms with Crippen LogP contribution in [0.3, 0.4) is 0 Å². The number of aryl methyl sites for hydroxylation is 2. The molecule has 2 heterocycles. The van der Waals surface area contributed by atoms with E-state index in [2.05, 4.69) is 42.9 Å². The van der Waals surface area contributed by atoms with Crippen LogP contribution in [0.1, 0.15) is 24.4 Å². The van der Waals surface area contributed by atoms with Crippen molar-refractivity contribution < 1.29 is 0 Å². The van der Waals surface area contributed by atoms with E-state index in [-0.39, 0.29) is 5.54 Å². The van der Waals surface area contributed by atoms with Crippen LogP contribution in [0.2, 0.25) is 0 Å². The predicted molar refractivity (Wildman–Crippen MR) is 65.9 cm³/mol. The van der Waals surface area contributed by atoms with Crippen molar-refractivity contribution >= 4 is 16.5 Å². The van der Waals surface area contributed by atoms with Gasteiger partial charge in [0.25, 0.3) is 0 Å². The molecule has 1 aliphatic rings. The van der Waals surface area contributed by atoms with Gasteiger partial charge in [0, 0.05) is 30.1 Å². The molecule has 0 radical (unpaired) electrons. The summed E-state index contributed by atoms with van der Waals surface area (Å²) in [5, 5.41) is 4.69. The highest BCUT2D eigenvalue weighted by Crippen LogP contribution is 2.27. The van der Waals surface area contributed by atoms with Gasteiger partial charge in [-0.15, -0.1) is 11.3 Å². The molecule has 0 aromatic carbocycles. The van der Waals surface area contributed by atoms with Gasteiger partial charge in [-0.1, -0.05) is 0 Å². The average molecular weight is 225 g/mol. The molecule has 84 valence electrons. The summed E-state index contributed by atoms with van der Waals surface area (Å²) in [7, 11) is 0. The lowest BCUT2D eigenvalue weighted by Crippen LogP contribution is -2.57. The highest BCUT2D eigenvalue weighted by molar-refractivity contribution is 7.15. The first-order valence-electron chi connectivity index (χ1n) is 5.42. The topological polar surface area (TPSA) is 28.2 Å². The van der Waals surface area contributed by atoms with Gasteiger partial charge in [-0.2, -0.15) is 0 Å².